The lowest BCUT2D eigenvalue weighted by Crippen LogP contribution is -2.29. The average Bonchev–Trinajstić information content (AvgIpc) is 3.33. The Bertz CT molecular complexity index is 1080. The molecule has 1 aromatic heterocycles. The van der Waals surface area contributed by atoms with Gasteiger partial charge in [0.05, 0.1) is 12.7 Å². The molecule has 0 unspecified atom stereocenters. The predicted octanol–water partition coefficient (Wildman–Crippen LogP) is 2.87. The summed E-state index contributed by atoms with van der Waals surface area (Å²) >= 11 is 1.12. The smallest absolute Gasteiger partial charge is 0.284 e. The van der Waals surface area contributed by atoms with E-state index in [4.69, 9.17) is 0 Å². The van der Waals surface area contributed by atoms with Crippen molar-refractivity contribution in [3.05, 3.63) is 51.0 Å². The Morgan fingerprint density at radius 1 is 1.17 bits per heavy atom. The fourth-order valence-corrected chi connectivity index (χ4v) is 4.89. The van der Waals surface area contributed by atoms with Crippen LogP contribution in [-0.4, -0.2) is 37.1 Å². The molecular weight excluding hydrogens is 424 g/mol. The molecule has 0 atom stereocenters. The molecule has 1 N–H and O–H groups in total. The summed E-state index contributed by atoms with van der Waals surface area (Å²) in [7, 11) is -3.68. The molecule has 30 heavy (non-hydrogen) atoms. The third-order valence-electron chi connectivity index (χ3n) is 5.06. The number of ketones is 2. The van der Waals surface area contributed by atoms with Crippen LogP contribution in [-0.2, 0) is 27.7 Å². The van der Waals surface area contributed by atoms with Crippen LogP contribution in [0.15, 0.2) is 23.6 Å². The van der Waals surface area contributed by atoms with Gasteiger partial charge in [0, 0.05) is 23.3 Å². The minimum Gasteiger partial charge on any atom is -0.299 e. The van der Waals surface area contributed by atoms with E-state index in [1.807, 2.05) is 29.8 Å². The van der Waals surface area contributed by atoms with Crippen LogP contribution in [0, 0.1) is 12.8 Å². The first-order valence-electron chi connectivity index (χ1n) is 9.74. The number of carbonyl (C=O) groups is 3. The van der Waals surface area contributed by atoms with Gasteiger partial charge in [-0.25, -0.2) is 18.1 Å². The second-order valence-corrected chi connectivity index (χ2v) is 10.4. The molecule has 1 amide bonds. The molecule has 9 heteroatoms. The highest BCUT2D eigenvalue weighted by molar-refractivity contribution is 7.89. The molecule has 0 saturated heterocycles. The molecule has 0 radical (unpaired) electrons. The van der Waals surface area contributed by atoms with E-state index in [0.717, 1.165) is 48.8 Å². The third kappa shape index (κ3) is 5.82. The van der Waals surface area contributed by atoms with E-state index >= 15 is 0 Å². The van der Waals surface area contributed by atoms with Gasteiger partial charge in [0.25, 0.3) is 5.91 Å². The Labute approximate surface area is 180 Å². The normalized spacial score (nSPS) is 14.6. The van der Waals surface area contributed by atoms with E-state index in [0.29, 0.717) is 16.1 Å². The van der Waals surface area contributed by atoms with E-state index in [-0.39, 0.29) is 36.0 Å². The molecule has 2 aromatic rings. The number of sulfonamides is 1. The Kier molecular flexibility index (Phi) is 6.82. The number of aryl methyl sites for hydroxylation is 1. The molecule has 1 aliphatic rings. The number of hydrogen-bond acceptors (Lipinski definition) is 7. The highest BCUT2D eigenvalue weighted by Crippen LogP contribution is 2.29. The standard InChI is InChI=1S/C21H24N2O5S2/c1-13-7-8-15(17(9-13)20(25)14-5-3-4-6-14)10-16(24)11-19-22-18(12-29-19)21(26)23-30(2,27)28/h7-9,12,14H,3-6,10-11H2,1-2H3,(H,23,26). The van der Waals surface area contributed by atoms with Crippen molar-refractivity contribution in [2.45, 2.75) is 45.4 Å². The van der Waals surface area contributed by atoms with Gasteiger partial charge in [-0.15, -0.1) is 11.3 Å². The molecule has 1 saturated carbocycles. The number of nitrogens with zero attached hydrogens (tertiary/aromatic N) is 1. The van der Waals surface area contributed by atoms with Gasteiger partial charge in [0.15, 0.2) is 5.78 Å². The Balaban J connectivity index is 1.70. The summed E-state index contributed by atoms with van der Waals surface area (Å²) in [6.07, 6.45) is 4.94. The number of thiazole rings is 1. The third-order valence-corrected chi connectivity index (χ3v) is 6.46. The summed E-state index contributed by atoms with van der Waals surface area (Å²) in [4.78, 5) is 41.5. The number of aromatic nitrogens is 1. The summed E-state index contributed by atoms with van der Waals surface area (Å²) in [6, 6.07) is 5.59. The molecule has 7 nitrogen and oxygen atoms in total. The summed E-state index contributed by atoms with van der Waals surface area (Å²) < 4.78 is 24.2. The molecule has 1 fully saturated rings. The maximum atomic E-state index is 12.9. The lowest BCUT2D eigenvalue weighted by Gasteiger charge is -2.13. The van der Waals surface area contributed by atoms with E-state index in [9.17, 15) is 22.8 Å². The van der Waals surface area contributed by atoms with Gasteiger partial charge < -0.3 is 0 Å². The number of nitrogens with one attached hydrogen (secondary N) is 1. The average molecular weight is 449 g/mol. The van der Waals surface area contributed by atoms with Gasteiger partial charge in [0.1, 0.15) is 16.5 Å². The van der Waals surface area contributed by atoms with Gasteiger partial charge in [-0.05, 0) is 31.4 Å². The maximum Gasteiger partial charge on any atom is 0.284 e. The predicted molar refractivity (Wildman–Crippen MR) is 114 cm³/mol. The van der Waals surface area contributed by atoms with Crippen molar-refractivity contribution in [3.63, 3.8) is 0 Å². The SMILES string of the molecule is Cc1ccc(CC(=O)Cc2nc(C(=O)NS(C)(=O)=O)cs2)c(C(=O)C2CCCC2)c1. The quantitative estimate of drug-likeness (QED) is 0.622. The highest BCUT2D eigenvalue weighted by atomic mass is 32.2. The maximum absolute atomic E-state index is 12.9. The molecular formula is C21H24N2O5S2. The highest BCUT2D eigenvalue weighted by Gasteiger charge is 2.26. The lowest BCUT2D eigenvalue weighted by atomic mass is 9.90. The van der Waals surface area contributed by atoms with E-state index in [2.05, 4.69) is 4.98 Å². The molecule has 1 heterocycles. The van der Waals surface area contributed by atoms with Crippen LogP contribution in [0.25, 0.3) is 0 Å². The van der Waals surface area contributed by atoms with Crippen LogP contribution in [0.1, 0.15) is 62.7 Å². The monoisotopic (exact) mass is 448 g/mol. The van der Waals surface area contributed by atoms with Crippen molar-refractivity contribution >= 4 is 38.8 Å². The first kappa shape index (κ1) is 22.3. The summed E-state index contributed by atoms with van der Waals surface area (Å²) in [5, 5.41) is 1.85. The Morgan fingerprint density at radius 3 is 2.53 bits per heavy atom. The lowest BCUT2D eigenvalue weighted by molar-refractivity contribution is -0.117. The van der Waals surface area contributed by atoms with Crippen LogP contribution in [0.3, 0.4) is 0 Å². The fourth-order valence-electron chi connectivity index (χ4n) is 3.64. The minimum absolute atomic E-state index is 0.0156. The van der Waals surface area contributed by atoms with Crippen molar-refractivity contribution in [1.29, 1.82) is 0 Å². The molecule has 1 aromatic carbocycles. The number of amides is 1. The van der Waals surface area contributed by atoms with Crippen LogP contribution < -0.4 is 4.72 Å². The van der Waals surface area contributed by atoms with Crippen molar-refractivity contribution < 1.29 is 22.8 Å². The molecule has 0 bridgehead atoms. The summed E-state index contributed by atoms with van der Waals surface area (Å²) in [6.45, 7) is 1.93. The molecule has 1 aliphatic carbocycles. The van der Waals surface area contributed by atoms with Crippen molar-refractivity contribution in [1.82, 2.24) is 9.71 Å². The molecule has 3 rings (SSSR count). The zero-order valence-corrected chi connectivity index (χ0v) is 18.6. The second kappa shape index (κ2) is 9.18. The number of benzene rings is 1. The zero-order chi connectivity index (χ0) is 21.9. The van der Waals surface area contributed by atoms with E-state index < -0.39 is 15.9 Å². The van der Waals surface area contributed by atoms with Crippen molar-refractivity contribution in [2.24, 2.45) is 5.92 Å². The molecule has 160 valence electrons. The first-order valence-corrected chi connectivity index (χ1v) is 12.5. The Hall–Kier alpha value is -2.39. The number of hydrogen-bond donors (Lipinski definition) is 1. The largest absolute Gasteiger partial charge is 0.299 e. The van der Waals surface area contributed by atoms with Crippen LogP contribution in [0.5, 0.6) is 0 Å². The minimum atomic E-state index is -3.68. The van der Waals surface area contributed by atoms with Gasteiger partial charge >= 0.3 is 0 Å². The number of Topliss-reactive ketones (excluding diaryl/α,β-unsaturated/α-hetero) is 2. The van der Waals surface area contributed by atoms with Crippen molar-refractivity contribution in [3.8, 4) is 0 Å². The number of rotatable bonds is 8. The fraction of sp³-hybridized carbons (Fsp3) is 0.429. The van der Waals surface area contributed by atoms with Gasteiger partial charge in [-0.3, -0.25) is 14.4 Å². The van der Waals surface area contributed by atoms with Crippen LogP contribution in [0.2, 0.25) is 0 Å². The van der Waals surface area contributed by atoms with Crippen LogP contribution in [0.4, 0.5) is 0 Å². The molecule has 0 aliphatic heterocycles. The van der Waals surface area contributed by atoms with Crippen LogP contribution >= 0.6 is 11.3 Å². The van der Waals surface area contributed by atoms with Gasteiger partial charge in [-0.1, -0.05) is 30.5 Å². The summed E-state index contributed by atoms with van der Waals surface area (Å²) in [5.74, 6) is -0.789. The molecule has 0 spiro atoms. The second-order valence-electron chi connectivity index (χ2n) is 7.73. The van der Waals surface area contributed by atoms with Crippen molar-refractivity contribution in [2.75, 3.05) is 6.26 Å². The van der Waals surface area contributed by atoms with Gasteiger partial charge in [-0.2, -0.15) is 0 Å². The van der Waals surface area contributed by atoms with Gasteiger partial charge in [0.2, 0.25) is 10.0 Å². The van der Waals surface area contributed by atoms with E-state index in [1.54, 1.807) is 0 Å². The first-order chi connectivity index (χ1) is 14.1. The number of carbonyl (C=O) groups excluding carboxylic acids is 3. The topological polar surface area (TPSA) is 110 Å². The van der Waals surface area contributed by atoms with E-state index in [1.165, 1.54) is 5.38 Å². The Morgan fingerprint density at radius 2 is 1.87 bits per heavy atom. The summed E-state index contributed by atoms with van der Waals surface area (Å²) in [5.41, 5.74) is 2.28. The zero-order valence-electron chi connectivity index (χ0n) is 16.9.